The molecule has 1 aromatic carbocycles. The molecule has 2 fully saturated rings. The molecule has 2 aliphatic rings. The number of para-hydroxylation sites is 1. The van der Waals surface area contributed by atoms with Crippen LogP contribution in [0, 0.1) is 5.92 Å². The van der Waals surface area contributed by atoms with Gasteiger partial charge in [-0.25, -0.2) is 4.79 Å². The van der Waals surface area contributed by atoms with E-state index in [2.05, 4.69) is 21.5 Å². The third-order valence-electron chi connectivity index (χ3n) is 4.52. The molecule has 0 radical (unpaired) electrons. The minimum Gasteiger partial charge on any atom is -0.345 e. The molecule has 0 bridgehead atoms. The van der Waals surface area contributed by atoms with Crippen LogP contribution in [-0.4, -0.2) is 47.8 Å². The number of piperidine rings is 1. The third kappa shape index (κ3) is 5.44. The van der Waals surface area contributed by atoms with Gasteiger partial charge in [0.2, 0.25) is 5.91 Å². The van der Waals surface area contributed by atoms with E-state index in [0.29, 0.717) is 25.1 Å². The molecule has 3 rings (SSSR count). The highest BCUT2D eigenvalue weighted by molar-refractivity contribution is 6.35. The Morgan fingerprint density at radius 3 is 2.37 bits per heavy atom. The second-order valence-corrected chi connectivity index (χ2v) is 6.77. The van der Waals surface area contributed by atoms with Crippen LogP contribution in [0.3, 0.4) is 0 Å². The number of carbonyl (C=O) groups excluding carboxylic acids is 4. The number of carbonyl (C=O) groups is 4. The first-order valence-electron chi connectivity index (χ1n) is 9.04. The summed E-state index contributed by atoms with van der Waals surface area (Å²) in [5.41, 5.74) is 5.09. The van der Waals surface area contributed by atoms with E-state index in [-0.39, 0.29) is 18.6 Å². The van der Waals surface area contributed by atoms with Crippen molar-refractivity contribution in [3.63, 3.8) is 0 Å². The van der Waals surface area contributed by atoms with Crippen LogP contribution in [0.4, 0.5) is 10.5 Å². The molecular formula is C18H23N5O4. The van der Waals surface area contributed by atoms with Crippen molar-refractivity contribution in [1.29, 1.82) is 0 Å². The molecule has 1 heterocycles. The average Bonchev–Trinajstić information content (AvgIpc) is 3.50. The Hall–Kier alpha value is -3.10. The molecule has 0 aromatic heterocycles. The highest BCUT2D eigenvalue weighted by Crippen LogP contribution is 2.19. The second kappa shape index (κ2) is 8.52. The van der Waals surface area contributed by atoms with Gasteiger partial charge >= 0.3 is 17.8 Å². The number of hydrogen-bond donors (Lipinski definition) is 4. The fourth-order valence-electron chi connectivity index (χ4n) is 2.86. The molecule has 1 atom stereocenters. The summed E-state index contributed by atoms with van der Waals surface area (Å²) in [6, 6.07) is 8.87. The van der Waals surface area contributed by atoms with Crippen molar-refractivity contribution in [1.82, 2.24) is 21.1 Å². The number of likely N-dealkylation sites (tertiary alicyclic amines) is 1. The minimum absolute atomic E-state index is 0.0639. The maximum Gasteiger partial charge on any atom is 0.327 e. The standard InChI is InChI=1S/C18H23N5O4/c24-15(21-22-17(26)16(25)19-14-8-9-14)12-5-4-10-23(11-12)18(27)20-13-6-2-1-3-7-13/h1-3,6-7,12,14H,4-5,8-11H2,(H,19,25)(H,20,27)(H,21,24)(H,22,26)/t12-/m1/s1. The largest absolute Gasteiger partial charge is 0.345 e. The van der Waals surface area contributed by atoms with Crippen LogP contribution < -0.4 is 21.5 Å². The van der Waals surface area contributed by atoms with Gasteiger partial charge in [0, 0.05) is 24.8 Å². The van der Waals surface area contributed by atoms with Crippen LogP contribution >= 0.6 is 0 Å². The molecule has 1 aliphatic carbocycles. The van der Waals surface area contributed by atoms with Crippen molar-refractivity contribution in [3.8, 4) is 0 Å². The first-order valence-corrected chi connectivity index (χ1v) is 9.04. The lowest BCUT2D eigenvalue weighted by molar-refractivity contribution is -0.141. The van der Waals surface area contributed by atoms with Crippen molar-refractivity contribution in [2.24, 2.45) is 5.92 Å². The van der Waals surface area contributed by atoms with Crippen LogP contribution in [0.1, 0.15) is 25.7 Å². The summed E-state index contributed by atoms with van der Waals surface area (Å²) in [5, 5.41) is 5.33. The van der Waals surface area contributed by atoms with Gasteiger partial charge < -0.3 is 15.5 Å². The number of amides is 5. The van der Waals surface area contributed by atoms with Gasteiger partial charge in [0.25, 0.3) is 0 Å². The number of rotatable bonds is 3. The molecule has 0 unspecified atom stereocenters. The Bertz CT molecular complexity index is 720. The van der Waals surface area contributed by atoms with Crippen LogP contribution in [0.5, 0.6) is 0 Å². The van der Waals surface area contributed by atoms with Gasteiger partial charge in [0.05, 0.1) is 5.92 Å². The first-order chi connectivity index (χ1) is 13.0. The van der Waals surface area contributed by atoms with E-state index in [1.807, 2.05) is 18.2 Å². The minimum atomic E-state index is -0.898. The zero-order valence-electron chi connectivity index (χ0n) is 14.9. The predicted molar refractivity (Wildman–Crippen MR) is 97.2 cm³/mol. The van der Waals surface area contributed by atoms with E-state index >= 15 is 0 Å². The molecule has 4 N–H and O–H groups in total. The van der Waals surface area contributed by atoms with Gasteiger partial charge in [-0.15, -0.1) is 0 Å². The summed E-state index contributed by atoms with van der Waals surface area (Å²) in [6.07, 6.45) is 3.02. The Kier molecular flexibility index (Phi) is 5.90. The summed E-state index contributed by atoms with van der Waals surface area (Å²) >= 11 is 0. The Labute approximate surface area is 156 Å². The van der Waals surface area contributed by atoms with Crippen molar-refractivity contribution >= 4 is 29.4 Å². The first kappa shape index (κ1) is 18.7. The maximum atomic E-state index is 12.4. The third-order valence-corrected chi connectivity index (χ3v) is 4.52. The van der Waals surface area contributed by atoms with Gasteiger partial charge in [-0.1, -0.05) is 18.2 Å². The smallest absolute Gasteiger partial charge is 0.327 e. The molecule has 1 aliphatic heterocycles. The van der Waals surface area contributed by atoms with Crippen molar-refractivity contribution < 1.29 is 19.2 Å². The van der Waals surface area contributed by atoms with E-state index in [1.54, 1.807) is 17.0 Å². The Morgan fingerprint density at radius 1 is 0.926 bits per heavy atom. The van der Waals surface area contributed by atoms with E-state index in [9.17, 15) is 19.2 Å². The fraction of sp³-hybridized carbons (Fsp3) is 0.444. The summed E-state index contributed by atoms with van der Waals surface area (Å²) in [7, 11) is 0. The van der Waals surface area contributed by atoms with Crippen molar-refractivity contribution in [2.75, 3.05) is 18.4 Å². The fourth-order valence-corrected chi connectivity index (χ4v) is 2.86. The topological polar surface area (TPSA) is 120 Å². The predicted octanol–water partition coefficient (Wildman–Crippen LogP) is 0.356. The van der Waals surface area contributed by atoms with Gasteiger partial charge in [0.15, 0.2) is 0 Å². The zero-order valence-corrected chi connectivity index (χ0v) is 14.9. The molecular weight excluding hydrogens is 350 g/mol. The number of anilines is 1. The Balaban J connectivity index is 1.45. The van der Waals surface area contributed by atoms with Crippen LogP contribution in [-0.2, 0) is 14.4 Å². The van der Waals surface area contributed by atoms with Gasteiger partial charge in [0.1, 0.15) is 0 Å². The highest BCUT2D eigenvalue weighted by atomic mass is 16.2. The molecule has 9 nitrogen and oxygen atoms in total. The summed E-state index contributed by atoms with van der Waals surface area (Å²) in [4.78, 5) is 49.4. The lowest BCUT2D eigenvalue weighted by atomic mass is 9.98. The molecule has 1 saturated carbocycles. The number of nitrogens with zero attached hydrogens (tertiary/aromatic N) is 1. The van der Waals surface area contributed by atoms with E-state index < -0.39 is 23.6 Å². The number of benzene rings is 1. The number of hydrogen-bond acceptors (Lipinski definition) is 4. The van der Waals surface area contributed by atoms with Crippen LogP contribution in [0.15, 0.2) is 30.3 Å². The van der Waals surface area contributed by atoms with E-state index in [4.69, 9.17) is 0 Å². The van der Waals surface area contributed by atoms with Gasteiger partial charge in [-0.2, -0.15) is 0 Å². The monoisotopic (exact) mass is 373 g/mol. The lowest BCUT2D eigenvalue weighted by Gasteiger charge is -2.32. The van der Waals surface area contributed by atoms with Crippen LogP contribution in [0.2, 0.25) is 0 Å². The van der Waals surface area contributed by atoms with Crippen molar-refractivity contribution in [2.45, 2.75) is 31.7 Å². The summed E-state index contributed by atoms with van der Waals surface area (Å²) in [5.74, 6) is -2.53. The second-order valence-electron chi connectivity index (χ2n) is 6.77. The summed E-state index contributed by atoms with van der Waals surface area (Å²) < 4.78 is 0. The van der Waals surface area contributed by atoms with Crippen molar-refractivity contribution in [3.05, 3.63) is 30.3 Å². The molecule has 27 heavy (non-hydrogen) atoms. The lowest BCUT2D eigenvalue weighted by Crippen LogP contribution is -2.53. The maximum absolute atomic E-state index is 12.4. The number of hydrazine groups is 1. The normalized spacial score (nSPS) is 19.0. The molecule has 1 aromatic rings. The zero-order chi connectivity index (χ0) is 19.2. The average molecular weight is 373 g/mol. The molecule has 0 spiro atoms. The molecule has 144 valence electrons. The van der Waals surface area contributed by atoms with E-state index in [0.717, 1.165) is 12.8 Å². The Morgan fingerprint density at radius 2 is 1.67 bits per heavy atom. The van der Waals surface area contributed by atoms with E-state index in [1.165, 1.54) is 0 Å². The van der Waals surface area contributed by atoms with Crippen LogP contribution in [0.25, 0.3) is 0 Å². The van der Waals surface area contributed by atoms with Gasteiger partial charge in [-0.05, 0) is 37.8 Å². The quantitative estimate of drug-likeness (QED) is 0.452. The summed E-state index contributed by atoms with van der Waals surface area (Å²) in [6.45, 7) is 0.799. The van der Waals surface area contributed by atoms with Gasteiger partial charge in [-0.3, -0.25) is 25.2 Å². The SMILES string of the molecule is O=C(NNC(=O)[C@@H]1CCCN(C(=O)Nc2ccccc2)C1)C(=O)NC1CC1. The molecule has 5 amide bonds. The number of urea groups is 1. The molecule has 1 saturated heterocycles. The molecule has 9 heteroatoms. The number of nitrogens with one attached hydrogen (secondary N) is 4. The highest BCUT2D eigenvalue weighted by Gasteiger charge is 2.30.